The van der Waals surface area contributed by atoms with Crippen molar-refractivity contribution in [1.29, 1.82) is 0 Å². The van der Waals surface area contributed by atoms with E-state index in [1.54, 1.807) is 62.7 Å². The Bertz CT molecular complexity index is 3290. The number of aromatic nitrogens is 4. The molecule has 9 rings (SSSR count). The number of ether oxygens (including phenoxy) is 1. The van der Waals surface area contributed by atoms with E-state index < -0.39 is 46.4 Å². The van der Waals surface area contributed by atoms with Gasteiger partial charge >= 0.3 is 47.9 Å². The second-order valence-electron chi connectivity index (χ2n) is 15.5. The van der Waals surface area contributed by atoms with Gasteiger partial charge < -0.3 is 15.3 Å². The molecule has 0 aliphatic carbocycles. The third-order valence-corrected chi connectivity index (χ3v) is 11.3. The number of H-pyrrole nitrogens is 1. The number of aromatic amines is 1. The Morgan fingerprint density at radius 1 is 0.771 bits per heavy atom. The zero-order chi connectivity index (χ0) is 50.4. The van der Waals surface area contributed by atoms with Crippen LogP contribution in [0.5, 0.6) is 0 Å². The Morgan fingerprint density at radius 2 is 1.24 bits per heavy atom. The average Bonchev–Trinajstić information content (AvgIpc) is 4.06. The minimum absolute atomic E-state index is 0. The number of hydrazine groups is 1. The molecule has 0 saturated carbocycles. The third kappa shape index (κ3) is 13.6. The predicted octanol–water partition coefficient (Wildman–Crippen LogP) is 9.83. The van der Waals surface area contributed by atoms with Gasteiger partial charge in [0.1, 0.15) is 26.9 Å². The number of nitrogens with zero attached hydrogens (tertiary/aromatic N) is 3. The maximum atomic E-state index is 13.3. The van der Waals surface area contributed by atoms with E-state index in [-0.39, 0.29) is 80.5 Å². The first-order chi connectivity index (χ1) is 32.5. The molecule has 0 bridgehead atoms. The average molecular weight is 1040 g/mol. The molecule has 0 radical (unpaired) electrons. The van der Waals surface area contributed by atoms with Crippen molar-refractivity contribution in [3.05, 3.63) is 164 Å². The van der Waals surface area contributed by atoms with E-state index >= 15 is 0 Å². The number of benzene rings is 4. The maximum Gasteiger partial charge on any atom is 1.00 e. The first-order valence-electron chi connectivity index (χ1n) is 20.3. The standard InChI is InChI=1S/C21H11F4N3OS.C17H11ClF3NO2S.C6H7FN2.C4H9O.Na/c22-13-4-6-14(7-5-13)28-20(29)16-17(11-2-1-3-12(10-11)21(23,24)25)26-19-15(8-9-30-19)18(16)27-28;1-2-24-16(23)12-13(18)11-6-7-25-15(11)22-14(12)9-4-3-5-10(8-9)17(19,20)21;7-5-1-3-6(9-8)4-2-5;1-4(2,3)5;/h1-10,27H;3-8H,2H2,1H3;1-4,9H,8H2;1-3H3;/q;;;-1;+1. The van der Waals surface area contributed by atoms with E-state index in [2.05, 4.69) is 20.5 Å². The monoisotopic (exact) mass is 1040 g/mol. The van der Waals surface area contributed by atoms with Gasteiger partial charge in [-0.15, -0.1) is 28.3 Å². The Morgan fingerprint density at radius 3 is 1.74 bits per heavy atom. The molecule has 4 aromatic carbocycles. The van der Waals surface area contributed by atoms with Crippen molar-refractivity contribution >= 4 is 77.3 Å². The molecule has 9 aromatic rings. The molecule has 0 amide bonds. The molecule has 0 fully saturated rings. The predicted molar refractivity (Wildman–Crippen MR) is 252 cm³/mol. The molecule has 0 aliphatic heterocycles. The largest absolute Gasteiger partial charge is 1.00 e. The molecule has 4 N–H and O–H groups in total. The molecule has 70 heavy (non-hydrogen) atoms. The summed E-state index contributed by atoms with van der Waals surface area (Å²) >= 11 is 8.95. The van der Waals surface area contributed by atoms with E-state index in [1.807, 2.05) is 0 Å². The summed E-state index contributed by atoms with van der Waals surface area (Å²) in [6.07, 6.45) is -9.02. The summed E-state index contributed by atoms with van der Waals surface area (Å²) in [7, 11) is 0. The number of anilines is 1. The number of alkyl halides is 6. The fourth-order valence-electron chi connectivity index (χ4n) is 6.35. The van der Waals surface area contributed by atoms with Crippen LogP contribution in [0.25, 0.3) is 59.5 Å². The summed E-state index contributed by atoms with van der Waals surface area (Å²) in [6.45, 7) is 6.64. The minimum Gasteiger partial charge on any atom is -0.850 e. The van der Waals surface area contributed by atoms with Gasteiger partial charge in [0.15, 0.2) is 0 Å². The summed E-state index contributed by atoms with van der Waals surface area (Å²) in [5, 5.41) is 18.2. The first-order valence-corrected chi connectivity index (χ1v) is 22.4. The van der Waals surface area contributed by atoms with Crippen LogP contribution >= 0.6 is 34.3 Å². The molecular weight excluding hydrogens is 999 g/mol. The zero-order valence-corrected chi connectivity index (χ0v) is 41.9. The summed E-state index contributed by atoms with van der Waals surface area (Å²) < 4.78 is 110. The Balaban J connectivity index is 0.000000205. The van der Waals surface area contributed by atoms with Crippen LogP contribution in [0.1, 0.15) is 49.2 Å². The van der Waals surface area contributed by atoms with Crippen LogP contribution < -0.4 is 51.5 Å². The summed E-state index contributed by atoms with van der Waals surface area (Å²) in [5.74, 6) is 3.60. The summed E-state index contributed by atoms with van der Waals surface area (Å²) in [5.41, 5.74) is 1.60. The number of hydrogen-bond acceptors (Lipinski definition) is 10. The van der Waals surface area contributed by atoms with Gasteiger partial charge in [-0.3, -0.25) is 15.7 Å². The Hall–Kier alpha value is -5.71. The van der Waals surface area contributed by atoms with E-state index in [0.29, 0.717) is 37.3 Å². The number of nitrogen functional groups attached to an aromatic ring is 1. The van der Waals surface area contributed by atoms with Gasteiger partial charge in [-0.2, -0.15) is 26.3 Å². The molecule has 0 saturated heterocycles. The second kappa shape index (κ2) is 23.0. The molecular formula is C48H38ClF8N6NaO4S2. The van der Waals surface area contributed by atoms with E-state index in [4.69, 9.17) is 22.2 Å². The van der Waals surface area contributed by atoms with Crippen LogP contribution in [-0.4, -0.2) is 37.9 Å². The van der Waals surface area contributed by atoms with Crippen LogP contribution in [0, 0.1) is 11.6 Å². The SMILES string of the molecule is CC(C)(C)[O-].CCOC(=O)c1c(-c2cccc(C(F)(F)F)c2)nc2sccc2c1Cl.NNc1ccc(F)cc1.O=c1c2c(-c3cccc(C(F)(F)F)c3)nc3sccc3c2[nH]n1-c1ccc(F)cc1.[Na+]. The van der Waals surface area contributed by atoms with Crippen molar-refractivity contribution in [1.82, 2.24) is 19.7 Å². The molecule has 22 heteroatoms. The van der Waals surface area contributed by atoms with Crippen molar-refractivity contribution in [2.24, 2.45) is 5.84 Å². The van der Waals surface area contributed by atoms with E-state index in [9.17, 15) is 49.8 Å². The van der Waals surface area contributed by atoms with Crippen molar-refractivity contribution in [3.63, 3.8) is 0 Å². The smallest absolute Gasteiger partial charge is 0.850 e. The number of carbonyl (C=O) groups excluding carboxylic acids is 1. The van der Waals surface area contributed by atoms with Gasteiger partial charge in [-0.05, 0) is 103 Å². The van der Waals surface area contributed by atoms with Gasteiger partial charge in [0.05, 0.1) is 50.7 Å². The topological polar surface area (TPSA) is 151 Å². The van der Waals surface area contributed by atoms with E-state index in [0.717, 1.165) is 24.3 Å². The molecule has 5 heterocycles. The van der Waals surface area contributed by atoms with Crippen molar-refractivity contribution in [2.45, 2.75) is 45.6 Å². The summed E-state index contributed by atoms with van der Waals surface area (Å²) in [4.78, 5) is 35.5. The van der Waals surface area contributed by atoms with Gasteiger partial charge in [-0.1, -0.05) is 56.6 Å². The van der Waals surface area contributed by atoms with Crippen LogP contribution in [-0.2, 0) is 17.1 Å². The van der Waals surface area contributed by atoms with Crippen molar-refractivity contribution in [2.75, 3.05) is 12.0 Å². The molecule has 5 aromatic heterocycles. The number of nitrogens with one attached hydrogen (secondary N) is 2. The second-order valence-corrected chi connectivity index (χ2v) is 17.7. The number of esters is 1. The first kappa shape index (κ1) is 55.2. The number of hydrogen-bond donors (Lipinski definition) is 3. The number of carbonyl (C=O) groups is 1. The van der Waals surface area contributed by atoms with Gasteiger partial charge in [0.25, 0.3) is 5.56 Å². The molecule has 0 aliphatic rings. The maximum absolute atomic E-state index is 13.3. The van der Waals surface area contributed by atoms with Gasteiger partial charge in [0, 0.05) is 27.6 Å². The van der Waals surface area contributed by atoms with Crippen LogP contribution in [0.4, 0.5) is 40.8 Å². The minimum atomic E-state index is -4.52. The third-order valence-electron chi connectivity index (χ3n) is 9.31. The Kier molecular flexibility index (Phi) is 18.2. The number of nitrogens with two attached hydrogens (primary N) is 1. The number of fused-ring (bicyclic) bond motifs is 4. The fraction of sp³-hybridized carbons (Fsp3) is 0.167. The van der Waals surface area contributed by atoms with Crippen LogP contribution in [0.3, 0.4) is 0 Å². The number of pyridine rings is 2. The van der Waals surface area contributed by atoms with Gasteiger partial charge in [0.2, 0.25) is 0 Å². The quantitative estimate of drug-likeness (QED) is 0.0490. The molecule has 10 nitrogen and oxygen atoms in total. The number of thiophene rings is 2. The van der Waals surface area contributed by atoms with Crippen LogP contribution in [0.15, 0.2) is 125 Å². The number of rotatable bonds is 6. The fourth-order valence-corrected chi connectivity index (χ4v) is 8.27. The van der Waals surface area contributed by atoms with Crippen molar-refractivity contribution < 1.29 is 79.3 Å². The van der Waals surface area contributed by atoms with Crippen LogP contribution in [0.2, 0.25) is 5.02 Å². The van der Waals surface area contributed by atoms with Crippen molar-refractivity contribution in [3.8, 4) is 28.2 Å². The summed E-state index contributed by atoms with van der Waals surface area (Å²) in [6, 6.07) is 24.0. The zero-order valence-electron chi connectivity index (χ0n) is 37.5. The number of halogens is 9. The molecule has 0 atom stereocenters. The van der Waals surface area contributed by atoms with E-state index in [1.165, 1.54) is 88.0 Å². The molecule has 0 unspecified atom stereocenters. The Labute approximate surface area is 429 Å². The normalized spacial score (nSPS) is 11.4. The molecule has 0 spiro atoms. The van der Waals surface area contributed by atoms with Gasteiger partial charge in [-0.25, -0.2) is 28.2 Å². The molecule has 360 valence electrons.